The summed E-state index contributed by atoms with van der Waals surface area (Å²) in [5, 5.41) is 50.0. The minimum absolute atomic E-state index is 0.178. The van der Waals surface area contributed by atoms with Crippen LogP contribution in [0.15, 0.2) is 144 Å². The third-order valence-electron chi connectivity index (χ3n) is 10.0. The summed E-state index contributed by atoms with van der Waals surface area (Å²) in [7, 11) is 0. The summed E-state index contributed by atoms with van der Waals surface area (Å²) < 4.78 is 0. The summed E-state index contributed by atoms with van der Waals surface area (Å²) in [5.41, 5.74) is 14.8. The van der Waals surface area contributed by atoms with E-state index in [9.17, 15) is 20.4 Å². The van der Waals surface area contributed by atoms with Crippen LogP contribution in [-0.4, -0.2) is 30.4 Å². The lowest BCUT2D eigenvalue weighted by Crippen LogP contribution is -2.11. The van der Waals surface area contributed by atoms with Gasteiger partial charge in [0.05, 0.1) is 0 Å². The van der Waals surface area contributed by atoms with Gasteiger partial charge in [0.2, 0.25) is 0 Å². The first-order chi connectivity index (χ1) is 25.4. The highest BCUT2D eigenvalue weighted by molar-refractivity contribution is 5.90. The van der Waals surface area contributed by atoms with E-state index in [2.05, 4.69) is 44.9 Å². The van der Waals surface area contributed by atoms with Crippen molar-refractivity contribution in [3.05, 3.63) is 189 Å². The van der Waals surface area contributed by atoms with Gasteiger partial charge in [0.1, 0.15) is 23.0 Å². The maximum absolute atomic E-state index is 10.6. The van der Waals surface area contributed by atoms with E-state index in [0.29, 0.717) is 25.7 Å². The molecule has 2 saturated heterocycles. The van der Waals surface area contributed by atoms with Gasteiger partial charge in [-0.2, -0.15) is 0 Å². The van der Waals surface area contributed by atoms with Gasteiger partial charge in [-0.15, -0.1) is 0 Å². The highest BCUT2D eigenvalue weighted by Gasteiger charge is 2.28. The number of aromatic nitrogens is 2. The van der Waals surface area contributed by atoms with E-state index in [1.807, 2.05) is 48.5 Å². The molecule has 9 rings (SSSR count). The van der Waals surface area contributed by atoms with Crippen molar-refractivity contribution in [3.63, 3.8) is 0 Å². The van der Waals surface area contributed by atoms with Crippen LogP contribution in [0.3, 0.4) is 0 Å². The Morgan fingerprint density at radius 2 is 0.577 bits per heavy atom. The topological polar surface area (TPSA) is 137 Å². The largest absolute Gasteiger partial charge is 0.508 e. The Labute approximate surface area is 300 Å². The second-order valence-electron chi connectivity index (χ2n) is 13.4. The zero-order valence-corrected chi connectivity index (χ0v) is 28.2. The van der Waals surface area contributed by atoms with Gasteiger partial charge in [-0.05, 0) is 121 Å². The quantitative estimate of drug-likeness (QED) is 0.0936. The summed E-state index contributed by atoms with van der Waals surface area (Å²) in [4.78, 5) is 7.47. The van der Waals surface area contributed by atoms with Crippen LogP contribution in [0, 0.1) is 0 Å². The molecular weight excluding hydrogens is 649 g/mol. The monoisotopic (exact) mass is 684 g/mol. The second-order valence-corrected chi connectivity index (χ2v) is 13.4. The molecule has 0 radical (unpaired) electrons. The number of hydrogen-bond acceptors (Lipinski definition) is 6. The molecule has 0 aliphatic carbocycles. The predicted molar refractivity (Wildman–Crippen MR) is 203 cm³/mol. The van der Waals surface area contributed by atoms with Gasteiger partial charge in [-0.25, -0.2) is 0 Å². The predicted octanol–water partition coefficient (Wildman–Crippen LogP) is 8.68. The van der Waals surface area contributed by atoms with Crippen LogP contribution in [0.2, 0.25) is 0 Å². The van der Waals surface area contributed by atoms with Gasteiger partial charge in [-0.1, -0.05) is 48.5 Å². The molecule has 8 N–H and O–H groups in total. The van der Waals surface area contributed by atoms with Crippen molar-refractivity contribution in [2.45, 2.75) is 25.7 Å². The molecule has 8 nitrogen and oxygen atoms in total. The van der Waals surface area contributed by atoms with Gasteiger partial charge in [0.25, 0.3) is 0 Å². The maximum atomic E-state index is 10.6. The molecule has 5 heterocycles. The smallest absolute Gasteiger partial charge is 0.116 e. The number of H-pyrrole nitrogens is 2. The number of phenols is 4. The van der Waals surface area contributed by atoms with Crippen LogP contribution in [0.5, 0.6) is 23.0 Å². The molecule has 2 aromatic heterocycles. The summed E-state index contributed by atoms with van der Waals surface area (Å²) in [6.45, 7) is 0. The minimum Gasteiger partial charge on any atom is -0.508 e. The molecule has 4 aromatic carbocycles. The lowest BCUT2D eigenvalue weighted by molar-refractivity contribution is 0.474. The molecule has 0 saturated carbocycles. The fraction of sp³-hybridized carbons (Fsp3) is 0.0909. The Balaban J connectivity index is 1.34. The Kier molecular flexibility index (Phi) is 7.51. The summed E-state index contributed by atoms with van der Waals surface area (Å²) in [5.74, 6) is 0.712. The Hall–Kier alpha value is -6.80. The van der Waals surface area contributed by atoms with Crippen LogP contribution < -0.4 is 10.6 Å². The van der Waals surface area contributed by atoms with Gasteiger partial charge in [-0.3, -0.25) is 0 Å². The van der Waals surface area contributed by atoms with Crippen molar-refractivity contribution < 1.29 is 20.4 Å². The number of aromatic amines is 2. The fourth-order valence-electron chi connectivity index (χ4n) is 7.85. The first kappa shape index (κ1) is 31.2. The van der Waals surface area contributed by atoms with E-state index in [1.54, 1.807) is 48.5 Å². The van der Waals surface area contributed by atoms with Crippen LogP contribution in [0.4, 0.5) is 0 Å². The zero-order chi connectivity index (χ0) is 35.3. The highest BCUT2D eigenvalue weighted by Crippen LogP contribution is 2.42. The zero-order valence-electron chi connectivity index (χ0n) is 28.2. The van der Waals surface area contributed by atoms with E-state index in [1.165, 1.54) is 0 Å². The molecule has 8 bridgehead atoms. The van der Waals surface area contributed by atoms with Crippen LogP contribution in [-0.2, 0) is 0 Å². The number of benzene rings is 4. The van der Waals surface area contributed by atoms with Crippen molar-refractivity contribution in [2.75, 3.05) is 0 Å². The SMILES string of the molecule is Oc1cccc(C2=C3CCC(=C(c4cccc(O)c4)c4ccc([nH]4)C(c4cccc(O)c4)=C4CCC(=C(c5cccc(O)c5)c5ccc2[nH]5)N4)N3)c1. The number of allylic oxidation sites excluding steroid dienone is 4. The van der Waals surface area contributed by atoms with Crippen molar-refractivity contribution in [1.29, 1.82) is 0 Å². The molecule has 3 aliphatic heterocycles. The third kappa shape index (κ3) is 5.60. The average Bonchev–Trinajstić information content (AvgIpc) is 3.96. The van der Waals surface area contributed by atoms with Crippen molar-refractivity contribution in [1.82, 2.24) is 20.6 Å². The summed E-state index contributed by atoms with van der Waals surface area (Å²) >= 11 is 0. The summed E-state index contributed by atoms with van der Waals surface area (Å²) in [6, 6.07) is 37.5. The number of hydrogen-bond donors (Lipinski definition) is 8. The van der Waals surface area contributed by atoms with Crippen LogP contribution in [0.1, 0.15) is 70.7 Å². The normalized spacial score (nSPS) is 15.7. The summed E-state index contributed by atoms with van der Waals surface area (Å²) in [6.07, 6.45) is 2.85. The highest BCUT2D eigenvalue weighted by atomic mass is 16.3. The van der Waals surface area contributed by atoms with Gasteiger partial charge in [0.15, 0.2) is 0 Å². The number of phenolic OH excluding ortho intramolecular Hbond substituents is 4. The molecule has 0 unspecified atom stereocenters. The first-order valence-corrected chi connectivity index (χ1v) is 17.4. The molecule has 256 valence electrons. The Bertz CT molecular complexity index is 2180. The molecule has 0 spiro atoms. The van der Waals surface area contributed by atoms with Crippen molar-refractivity contribution in [3.8, 4) is 23.0 Å². The maximum Gasteiger partial charge on any atom is 0.116 e. The van der Waals surface area contributed by atoms with E-state index >= 15 is 0 Å². The Morgan fingerprint density at radius 1 is 0.327 bits per heavy atom. The number of rotatable bonds is 4. The van der Waals surface area contributed by atoms with Gasteiger partial charge in [0, 0.05) is 67.9 Å². The number of fused-ring (bicyclic) bond motifs is 8. The standard InChI is InChI=1S/C44H36N4O4/c49-29-9-1-5-25(21-29)41-33-13-15-35(45-33)42(26-6-2-10-30(50)22-26)37-17-19-39(47-37)44(28-8-4-12-32(52)24-28)40-20-18-38(48-40)43(36-16-14-34(41)46-36)27-7-3-11-31(51)23-27/h1-13,15,18,20-24,45-52H,14,16-17,19H2. The molecule has 8 heteroatoms. The minimum atomic E-state index is 0.178. The second kappa shape index (κ2) is 12.5. The molecule has 0 amide bonds. The van der Waals surface area contributed by atoms with Crippen LogP contribution in [0.25, 0.3) is 22.3 Å². The lowest BCUT2D eigenvalue weighted by Gasteiger charge is -2.17. The lowest BCUT2D eigenvalue weighted by atomic mass is 9.98. The molecule has 3 aliphatic rings. The number of nitrogens with one attached hydrogen (secondary N) is 4. The van der Waals surface area contributed by atoms with Gasteiger partial charge >= 0.3 is 0 Å². The molecule has 52 heavy (non-hydrogen) atoms. The molecule has 0 atom stereocenters. The van der Waals surface area contributed by atoms with E-state index in [4.69, 9.17) is 0 Å². The van der Waals surface area contributed by atoms with E-state index in [0.717, 1.165) is 90.1 Å². The van der Waals surface area contributed by atoms with Crippen molar-refractivity contribution in [2.24, 2.45) is 0 Å². The average molecular weight is 685 g/mol. The van der Waals surface area contributed by atoms with Crippen LogP contribution >= 0.6 is 0 Å². The van der Waals surface area contributed by atoms with E-state index in [-0.39, 0.29) is 23.0 Å². The molecule has 6 aromatic rings. The fourth-order valence-corrected chi connectivity index (χ4v) is 7.85. The molecule has 2 fully saturated rings. The van der Waals surface area contributed by atoms with Gasteiger partial charge < -0.3 is 41.0 Å². The molecular formula is C44H36N4O4. The van der Waals surface area contributed by atoms with E-state index < -0.39 is 0 Å². The van der Waals surface area contributed by atoms with Crippen molar-refractivity contribution >= 4 is 22.3 Å². The number of aromatic hydroxyl groups is 4. The first-order valence-electron chi connectivity index (χ1n) is 17.4. The Morgan fingerprint density at radius 3 is 0.808 bits per heavy atom. The third-order valence-corrected chi connectivity index (χ3v) is 10.0.